The summed E-state index contributed by atoms with van der Waals surface area (Å²) in [6, 6.07) is 3.82. The number of aromatic nitrogens is 5. The van der Waals surface area contributed by atoms with Crippen LogP contribution in [0.25, 0.3) is 28.2 Å². The number of aliphatic carboxylic acids is 1. The van der Waals surface area contributed by atoms with Crippen molar-refractivity contribution in [2.45, 2.75) is 37.8 Å². The molecule has 0 aliphatic heterocycles. The zero-order valence-corrected chi connectivity index (χ0v) is 21.1. The zero-order chi connectivity index (χ0) is 24.7. The maximum Gasteiger partial charge on any atom is 0.338 e. The van der Waals surface area contributed by atoms with Crippen LogP contribution in [0.2, 0.25) is 0 Å². The number of rotatable bonds is 6. The fourth-order valence-corrected chi connectivity index (χ4v) is 5.76. The Kier molecular flexibility index (Phi) is 6.41. The number of hydrogen-bond acceptors (Lipinski definition) is 8. The molecule has 1 aliphatic carbocycles. The van der Waals surface area contributed by atoms with Crippen molar-refractivity contribution in [2.75, 3.05) is 12.8 Å². The first kappa shape index (κ1) is 23.6. The van der Waals surface area contributed by atoms with Gasteiger partial charge >= 0.3 is 5.97 Å². The van der Waals surface area contributed by atoms with E-state index in [-0.39, 0.29) is 5.92 Å². The van der Waals surface area contributed by atoms with Gasteiger partial charge in [0, 0.05) is 34.5 Å². The van der Waals surface area contributed by atoms with Crippen molar-refractivity contribution in [3.8, 4) is 27.7 Å². The molecule has 4 aromatic rings. The predicted molar refractivity (Wildman–Crippen MR) is 133 cm³/mol. The Hall–Kier alpha value is -3.12. The van der Waals surface area contributed by atoms with Crippen molar-refractivity contribution >= 4 is 44.7 Å². The SMILES string of the molecule is COc1nc(-c2ccc(-c3cnn4c(N)c(Br)c([C@H]5CC[C@@H](C(F)C(=O)O)CC5)nc34)cn2)cs1. The number of nitrogens with zero attached hydrogens (tertiary/aromatic N) is 5. The molecule has 35 heavy (non-hydrogen) atoms. The molecule has 4 aromatic heterocycles. The fourth-order valence-electron chi connectivity index (χ4n) is 4.55. The highest BCUT2D eigenvalue weighted by Crippen LogP contribution is 2.42. The predicted octanol–water partition coefficient (Wildman–Crippen LogP) is 4.96. The van der Waals surface area contributed by atoms with Crippen molar-refractivity contribution in [1.29, 1.82) is 0 Å². The minimum atomic E-state index is -1.83. The van der Waals surface area contributed by atoms with E-state index >= 15 is 0 Å². The number of carboxylic acid groups (broad SMARTS) is 1. The summed E-state index contributed by atoms with van der Waals surface area (Å²) in [6.07, 6.45) is 3.85. The van der Waals surface area contributed by atoms with Crippen LogP contribution in [0.4, 0.5) is 10.2 Å². The van der Waals surface area contributed by atoms with Crippen LogP contribution in [0.1, 0.15) is 37.3 Å². The molecule has 0 saturated heterocycles. The number of carbonyl (C=O) groups is 1. The van der Waals surface area contributed by atoms with E-state index in [1.807, 2.05) is 17.5 Å². The number of anilines is 1. The lowest BCUT2D eigenvalue weighted by atomic mass is 9.78. The van der Waals surface area contributed by atoms with E-state index in [4.69, 9.17) is 20.6 Å². The first-order chi connectivity index (χ1) is 16.9. The smallest absolute Gasteiger partial charge is 0.338 e. The van der Waals surface area contributed by atoms with Crippen LogP contribution in [0, 0.1) is 5.92 Å². The summed E-state index contributed by atoms with van der Waals surface area (Å²) in [5, 5.41) is 15.9. The van der Waals surface area contributed by atoms with E-state index in [0.717, 1.165) is 28.2 Å². The molecule has 0 bridgehead atoms. The summed E-state index contributed by atoms with van der Waals surface area (Å²) < 4.78 is 21.4. The lowest BCUT2D eigenvalue weighted by Gasteiger charge is -2.29. The second kappa shape index (κ2) is 9.50. The number of carboxylic acids is 1. The van der Waals surface area contributed by atoms with E-state index in [0.29, 0.717) is 46.8 Å². The van der Waals surface area contributed by atoms with Crippen LogP contribution in [0.15, 0.2) is 34.4 Å². The Labute approximate surface area is 212 Å². The molecular weight excluding hydrogens is 539 g/mol. The molecule has 0 amide bonds. The van der Waals surface area contributed by atoms with Crippen molar-refractivity contribution in [3.63, 3.8) is 0 Å². The number of hydrogen-bond donors (Lipinski definition) is 2. The third kappa shape index (κ3) is 4.36. The number of halogens is 2. The lowest BCUT2D eigenvalue weighted by molar-refractivity contribution is -0.145. The van der Waals surface area contributed by atoms with Gasteiger partial charge in [-0.3, -0.25) is 4.98 Å². The maximum atomic E-state index is 14.0. The van der Waals surface area contributed by atoms with Gasteiger partial charge in [-0.2, -0.15) is 9.61 Å². The molecule has 1 unspecified atom stereocenters. The number of nitrogen functional groups attached to an aromatic ring is 1. The summed E-state index contributed by atoms with van der Waals surface area (Å²) in [6.45, 7) is 0. The molecule has 1 atom stereocenters. The minimum Gasteiger partial charge on any atom is -0.479 e. The molecule has 4 heterocycles. The number of pyridine rings is 1. The van der Waals surface area contributed by atoms with Gasteiger partial charge < -0.3 is 15.6 Å². The van der Waals surface area contributed by atoms with Gasteiger partial charge in [0.1, 0.15) is 11.5 Å². The fraction of sp³-hybridized carbons (Fsp3) is 0.348. The van der Waals surface area contributed by atoms with Crippen molar-refractivity contribution in [3.05, 3.63) is 40.1 Å². The van der Waals surface area contributed by atoms with E-state index in [9.17, 15) is 9.18 Å². The van der Waals surface area contributed by atoms with E-state index < -0.39 is 18.1 Å². The van der Waals surface area contributed by atoms with Gasteiger partial charge in [0.2, 0.25) is 0 Å². The molecule has 0 radical (unpaired) electrons. The molecule has 182 valence electrons. The highest BCUT2D eigenvalue weighted by Gasteiger charge is 2.34. The number of thiazole rings is 1. The second-order valence-corrected chi connectivity index (χ2v) is 10.1. The Morgan fingerprint density at radius 3 is 2.66 bits per heavy atom. The molecule has 3 N–H and O–H groups in total. The zero-order valence-electron chi connectivity index (χ0n) is 18.7. The van der Waals surface area contributed by atoms with Crippen LogP contribution in [0.5, 0.6) is 5.19 Å². The quantitative estimate of drug-likeness (QED) is 0.338. The highest BCUT2D eigenvalue weighted by molar-refractivity contribution is 9.10. The van der Waals surface area contributed by atoms with Crippen LogP contribution >= 0.6 is 27.3 Å². The van der Waals surface area contributed by atoms with Crippen LogP contribution in [-0.2, 0) is 4.79 Å². The third-order valence-electron chi connectivity index (χ3n) is 6.45. The Morgan fingerprint density at radius 1 is 1.26 bits per heavy atom. The number of fused-ring (bicyclic) bond motifs is 1. The van der Waals surface area contributed by atoms with Gasteiger partial charge in [0.25, 0.3) is 5.19 Å². The van der Waals surface area contributed by atoms with Gasteiger partial charge in [-0.25, -0.2) is 19.2 Å². The summed E-state index contributed by atoms with van der Waals surface area (Å²) in [7, 11) is 1.58. The van der Waals surface area contributed by atoms with Gasteiger partial charge in [-0.1, -0.05) is 17.4 Å². The highest BCUT2D eigenvalue weighted by atomic mass is 79.9. The average Bonchev–Trinajstić information content (AvgIpc) is 3.53. The molecule has 12 heteroatoms. The Balaban J connectivity index is 1.45. The standard InChI is InChI=1S/C23H22BrFN6O3S/c1-34-23-29-16(10-35-23)15-7-6-13(8-27-15)14-9-28-31-20(26)17(24)19(30-21(14)31)12-4-2-11(3-5-12)18(25)22(32)33/h6-12,18H,2-5,26H2,1H3,(H,32,33)/t11-,12+,18?. The van der Waals surface area contributed by atoms with E-state index in [2.05, 4.69) is 31.0 Å². The molecule has 0 spiro atoms. The number of methoxy groups -OCH3 is 1. The topological polar surface area (TPSA) is 129 Å². The first-order valence-electron chi connectivity index (χ1n) is 11.0. The number of ether oxygens (including phenoxy) is 1. The average molecular weight is 561 g/mol. The Bertz CT molecular complexity index is 1380. The van der Waals surface area contributed by atoms with Crippen molar-refractivity contribution in [2.24, 2.45) is 5.92 Å². The summed E-state index contributed by atoms with van der Waals surface area (Å²) >= 11 is 4.97. The molecule has 1 aliphatic rings. The van der Waals surface area contributed by atoms with Gasteiger partial charge in [0.15, 0.2) is 11.8 Å². The van der Waals surface area contributed by atoms with Gasteiger partial charge in [-0.15, -0.1) is 0 Å². The van der Waals surface area contributed by atoms with E-state index in [1.165, 1.54) is 11.3 Å². The molecular formula is C23H22BrFN6O3S. The minimum absolute atomic E-state index is 0.0387. The van der Waals surface area contributed by atoms with Crippen LogP contribution < -0.4 is 10.5 Å². The number of nitrogens with two attached hydrogens (primary N) is 1. The molecule has 5 rings (SSSR count). The van der Waals surface area contributed by atoms with Crippen LogP contribution in [-0.4, -0.2) is 48.9 Å². The normalized spacial score (nSPS) is 19.1. The summed E-state index contributed by atoms with van der Waals surface area (Å²) in [4.78, 5) is 24.9. The van der Waals surface area contributed by atoms with Gasteiger partial charge in [0.05, 0.1) is 29.2 Å². The summed E-state index contributed by atoms with van der Waals surface area (Å²) in [5.74, 6) is -1.41. The van der Waals surface area contributed by atoms with Crippen molar-refractivity contribution in [1.82, 2.24) is 24.6 Å². The second-order valence-electron chi connectivity index (χ2n) is 8.48. The maximum absolute atomic E-state index is 14.0. The summed E-state index contributed by atoms with van der Waals surface area (Å²) in [5.41, 5.74) is 10.8. The Morgan fingerprint density at radius 2 is 2.03 bits per heavy atom. The van der Waals surface area contributed by atoms with Crippen molar-refractivity contribution < 1.29 is 19.0 Å². The number of alkyl halides is 1. The first-order valence-corrected chi connectivity index (χ1v) is 12.7. The van der Waals surface area contributed by atoms with Gasteiger partial charge in [-0.05, 0) is 47.7 Å². The molecule has 9 nitrogen and oxygen atoms in total. The monoisotopic (exact) mass is 560 g/mol. The third-order valence-corrected chi connectivity index (χ3v) is 8.06. The van der Waals surface area contributed by atoms with E-state index in [1.54, 1.807) is 24.0 Å². The molecule has 1 fully saturated rings. The molecule has 1 saturated carbocycles. The largest absolute Gasteiger partial charge is 0.479 e. The molecule has 0 aromatic carbocycles. The van der Waals surface area contributed by atoms with Crippen LogP contribution in [0.3, 0.4) is 0 Å². The lowest BCUT2D eigenvalue weighted by Crippen LogP contribution is -2.28.